The highest BCUT2D eigenvalue weighted by atomic mass is 19.4. The lowest BCUT2D eigenvalue weighted by Crippen LogP contribution is -2.21. The van der Waals surface area contributed by atoms with E-state index in [0.29, 0.717) is 5.56 Å². The maximum absolute atomic E-state index is 12.9. The van der Waals surface area contributed by atoms with Gasteiger partial charge in [-0.1, -0.05) is 31.0 Å². The minimum absolute atomic E-state index is 0.205. The average molecular weight is 257 g/mol. The van der Waals surface area contributed by atoms with Gasteiger partial charge in [0.25, 0.3) is 0 Å². The van der Waals surface area contributed by atoms with E-state index < -0.39 is 11.7 Å². The molecule has 1 N–H and O–H groups in total. The van der Waals surface area contributed by atoms with Gasteiger partial charge in [-0.2, -0.15) is 13.2 Å². The Morgan fingerprint density at radius 1 is 1.28 bits per heavy atom. The molecule has 1 aliphatic rings. The summed E-state index contributed by atoms with van der Waals surface area (Å²) in [6.45, 7) is 0. The maximum atomic E-state index is 12.9. The number of halogens is 3. The molecular weight excluding hydrogens is 239 g/mol. The van der Waals surface area contributed by atoms with Crippen LogP contribution in [0.3, 0.4) is 0 Å². The van der Waals surface area contributed by atoms with Crippen LogP contribution < -0.4 is 5.32 Å². The van der Waals surface area contributed by atoms with Crippen molar-refractivity contribution in [3.05, 3.63) is 35.4 Å². The summed E-state index contributed by atoms with van der Waals surface area (Å²) in [4.78, 5) is 0. The van der Waals surface area contributed by atoms with Crippen LogP contribution >= 0.6 is 0 Å². The Kier molecular flexibility index (Phi) is 3.95. The molecule has 0 radical (unpaired) electrons. The smallest absolute Gasteiger partial charge is 0.313 e. The van der Waals surface area contributed by atoms with Gasteiger partial charge in [0, 0.05) is 6.04 Å². The third-order valence-electron chi connectivity index (χ3n) is 3.55. The fraction of sp³-hybridized carbons (Fsp3) is 0.571. The van der Waals surface area contributed by atoms with Crippen molar-refractivity contribution in [2.45, 2.75) is 37.9 Å². The first-order valence-corrected chi connectivity index (χ1v) is 6.35. The van der Waals surface area contributed by atoms with Crippen molar-refractivity contribution in [1.29, 1.82) is 0 Å². The number of hydrogen-bond donors (Lipinski definition) is 1. The molecule has 1 aliphatic carbocycles. The Labute approximate surface area is 105 Å². The van der Waals surface area contributed by atoms with Crippen LogP contribution in [0.2, 0.25) is 0 Å². The molecule has 0 bridgehead atoms. The van der Waals surface area contributed by atoms with Crippen LogP contribution in [-0.2, 0) is 6.18 Å². The Bertz CT molecular complexity index is 396. The van der Waals surface area contributed by atoms with Gasteiger partial charge < -0.3 is 5.32 Å². The van der Waals surface area contributed by atoms with E-state index in [1.165, 1.54) is 18.9 Å². The van der Waals surface area contributed by atoms with Crippen molar-refractivity contribution in [1.82, 2.24) is 5.32 Å². The second-order valence-electron chi connectivity index (χ2n) is 4.95. The van der Waals surface area contributed by atoms with E-state index in [1.54, 1.807) is 19.2 Å². The highest BCUT2D eigenvalue weighted by Gasteiger charge is 2.35. The number of hydrogen-bond acceptors (Lipinski definition) is 1. The predicted octanol–water partition coefficient (Wildman–Crippen LogP) is 4.16. The van der Waals surface area contributed by atoms with Crippen molar-refractivity contribution in [3.8, 4) is 0 Å². The Morgan fingerprint density at radius 2 is 1.94 bits per heavy atom. The molecule has 0 saturated heterocycles. The number of benzene rings is 1. The molecule has 4 heteroatoms. The zero-order valence-corrected chi connectivity index (χ0v) is 10.4. The molecule has 0 aliphatic heterocycles. The molecule has 1 aromatic rings. The summed E-state index contributed by atoms with van der Waals surface area (Å²) in [5.74, 6) is 0.735. The quantitative estimate of drug-likeness (QED) is 0.835. The highest BCUT2D eigenvalue weighted by Crippen LogP contribution is 2.39. The minimum Gasteiger partial charge on any atom is -0.313 e. The third kappa shape index (κ3) is 3.25. The monoisotopic (exact) mass is 257 g/mol. The Hall–Kier alpha value is -1.03. The van der Waals surface area contributed by atoms with Crippen molar-refractivity contribution >= 4 is 0 Å². The molecule has 18 heavy (non-hydrogen) atoms. The van der Waals surface area contributed by atoms with Crippen molar-refractivity contribution in [3.63, 3.8) is 0 Å². The van der Waals surface area contributed by atoms with Crippen molar-refractivity contribution in [2.24, 2.45) is 5.92 Å². The molecule has 0 heterocycles. The van der Waals surface area contributed by atoms with Gasteiger partial charge in [-0.05, 0) is 37.4 Å². The van der Waals surface area contributed by atoms with Crippen LogP contribution in [-0.4, -0.2) is 7.05 Å². The van der Waals surface area contributed by atoms with Crippen LogP contribution in [0.4, 0.5) is 13.2 Å². The summed E-state index contributed by atoms with van der Waals surface area (Å²) in [6, 6.07) is 5.66. The highest BCUT2D eigenvalue weighted by molar-refractivity contribution is 5.32. The summed E-state index contributed by atoms with van der Waals surface area (Å²) in [7, 11) is 1.73. The van der Waals surface area contributed by atoms with Gasteiger partial charge in [0.2, 0.25) is 0 Å². The minimum atomic E-state index is -4.27. The molecule has 100 valence electrons. The molecule has 1 fully saturated rings. The van der Waals surface area contributed by atoms with Gasteiger partial charge in [0.15, 0.2) is 0 Å². The lowest BCUT2D eigenvalue weighted by atomic mass is 9.95. The van der Waals surface area contributed by atoms with Crippen LogP contribution in [0.1, 0.15) is 42.9 Å². The van der Waals surface area contributed by atoms with E-state index in [-0.39, 0.29) is 6.04 Å². The summed E-state index contributed by atoms with van der Waals surface area (Å²) in [5, 5.41) is 3.01. The molecule has 1 saturated carbocycles. The van der Waals surface area contributed by atoms with Gasteiger partial charge >= 0.3 is 6.18 Å². The second kappa shape index (κ2) is 5.31. The molecule has 0 spiro atoms. The topological polar surface area (TPSA) is 12.0 Å². The van der Waals surface area contributed by atoms with Crippen LogP contribution in [0.5, 0.6) is 0 Å². The first-order chi connectivity index (χ1) is 8.52. The van der Waals surface area contributed by atoms with E-state index in [1.807, 2.05) is 0 Å². The van der Waals surface area contributed by atoms with Crippen molar-refractivity contribution < 1.29 is 13.2 Å². The molecule has 1 nitrogen and oxygen atoms in total. The molecular formula is C14H18F3N. The van der Waals surface area contributed by atoms with Gasteiger partial charge in [-0.15, -0.1) is 0 Å². The number of nitrogens with one attached hydrogen (secondary N) is 1. The third-order valence-corrected chi connectivity index (χ3v) is 3.55. The van der Waals surface area contributed by atoms with Crippen LogP contribution in [0.25, 0.3) is 0 Å². The normalized spacial score (nSPS) is 17.8. The van der Waals surface area contributed by atoms with E-state index in [9.17, 15) is 13.2 Å². The molecule has 0 amide bonds. The summed E-state index contributed by atoms with van der Waals surface area (Å²) < 4.78 is 38.8. The standard InChI is InChI=1S/C14H18F3N/c1-18-13(9-8-10-6-7-10)11-4-2-3-5-12(11)14(15,16)17/h2-5,10,13,18H,6-9H2,1H3. The van der Waals surface area contributed by atoms with E-state index in [2.05, 4.69) is 5.32 Å². The number of rotatable bonds is 5. The van der Waals surface area contributed by atoms with Gasteiger partial charge in [0.05, 0.1) is 5.56 Å². The van der Waals surface area contributed by atoms with E-state index in [4.69, 9.17) is 0 Å². The summed E-state index contributed by atoms with van der Waals surface area (Å²) in [6.07, 6.45) is -0.0219. The lowest BCUT2D eigenvalue weighted by Gasteiger charge is -2.21. The second-order valence-corrected chi connectivity index (χ2v) is 4.95. The van der Waals surface area contributed by atoms with Gasteiger partial charge in [0.1, 0.15) is 0 Å². The largest absolute Gasteiger partial charge is 0.416 e. The number of alkyl halides is 3. The first kappa shape index (κ1) is 13.4. The average Bonchev–Trinajstić information content (AvgIpc) is 3.13. The zero-order valence-electron chi connectivity index (χ0n) is 10.4. The van der Waals surface area contributed by atoms with Crippen LogP contribution in [0, 0.1) is 5.92 Å². The maximum Gasteiger partial charge on any atom is 0.416 e. The first-order valence-electron chi connectivity index (χ1n) is 6.35. The predicted molar refractivity (Wildman–Crippen MR) is 65.2 cm³/mol. The molecule has 1 unspecified atom stereocenters. The van der Waals surface area contributed by atoms with E-state index >= 15 is 0 Å². The molecule has 1 aromatic carbocycles. The van der Waals surface area contributed by atoms with E-state index in [0.717, 1.165) is 24.8 Å². The lowest BCUT2D eigenvalue weighted by molar-refractivity contribution is -0.138. The summed E-state index contributed by atoms with van der Waals surface area (Å²) >= 11 is 0. The molecule has 1 atom stereocenters. The Morgan fingerprint density at radius 3 is 2.50 bits per heavy atom. The van der Waals surface area contributed by atoms with Gasteiger partial charge in [-0.3, -0.25) is 0 Å². The molecule has 0 aromatic heterocycles. The zero-order chi connectivity index (χ0) is 13.2. The Balaban J connectivity index is 2.17. The fourth-order valence-electron chi connectivity index (χ4n) is 2.32. The molecule has 2 rings (SSSR count). The SMILES string of the molecule is CNC(CCC1CC1)c1ccccc1C(F)(F)F. The van der Waals surface area contributed by atoms with Crippen LogP contribution in [0.15, 0.2) is 24.3 Å². The van der Waals surface area contributed by atoms with Gasteiger partial charge in [-0.25, -0.2) is 0 Å². The van der Waals surface area contributed by atoms with Crippen molar-refractivity contribution in [2.75, 3.05) is 7.05 Å². The fourth-order valence-corrected chi connectivity index (χ4v) is 2.32. The summed E-state index contributed by atoms with van der Waals surface area (Å²) in [5.41, 5.74) is -0.145.